The van der Waals surface area contributed by atoms with E-state index < -0.39 is 18.1 Å². The lowest BCUT2D eigenvalue weighted by molar-refractivity contribution is -0.141. The van der Waals surface area contributed by atoms with Gasteiger partial charge in [-0.2, -0.15) is 0 Å². The average molecular weight is 242 g/mol. The molecule has 0 spiro atoms. The van der Waals surface area contributed by atoms with E-state index in [2.05, 4.69) is 12.2 Å². The molecule has 1 aliphatic heterocycles. The van der Waals surface area contributed by atoms with Crippen molar-refractivity contribution in [1.29, 1.82) is 0 Å². The Morgan fingerprint density at radius 1 is 1.41 bits per heavy atom. The van der Waals surface area contributed by atoms with Crippen LogP contribution < -0.4 is 5.32 Å². The van der Waals surface area contributed by atoms with Crippen molar-refractivity contribution in [2.45, 2.75) is 44.4 Å². The number of carbonyl (C=O) groups is 2. The first kappa shape index (κ1) is 12.2. The molecule has 0 aromatic carbocycles. The largest absolute Gasteiger partial charge is 0.480 e. The number of likely N-dealkylation sites (tertiary alicyclic amines) is 1. The minimum atomic E-state index is -1.06. The smallest absolute Gasteiger partial charge is 0.326 e. The number of aliphatic hydroxyl groups excluding tert-OH is 1. The van der Waals surface area contributed by atoms with Gasteiger partial charge in [-0.05, 0) is 12.3 Å². The van der Waals surface area contributed by atoms with Gasteiger partial charge in [0.05, 0.1) is 6.10 Å². The van der Waals surface area contributed by atoms with Gasteiger partial charge in [0.1, 0.15) is 6.04 Å². The van der Waals surface area contributed by atoms with Crippen LogP contribution in [0.4, 0.5) is 4.79 Å². The molecule has 3 unspecified atom stereocenters. The minimum absolute atomic E-state index is 0.103. The van der Waals surface area contributed by atoms with Gasteiger partial charge in [0.25, 0.3) is 0 Å². The molecule has 1 heterocycles. The average Bonchev–Trinajstić information content (AvgIpc) is 2.89. The van der Waals surface area contributed by atoms with Gasteiger partial charge in [-0.1, -0.05) is 13.3 Å². The van der Waals surface area contributed by atoms with E-state index in [0.29, 0.717) is 5.92 Å². The summed E-state index contributed by atoms with van der Waals surface area (Å²) in [6.07, 6.45) is 1.37. The third-order valence-corrected chi connectivity index (χ3v) is 3.58. The number of urea groups is 1. The first-order valence-electron chi connectivity index (χ1n) is 6.01. The molecule has 3 N–H and O–H groups in total. The van der Waals surface area contributed by atoms with Crippen LogP contribution in [0, 0.1) is 5.92 Å². The maximum atomic E-state index is 11.9. The van der Waals surface area contributed by atoms with Crippen LogP contribution in [0.25, 0.3) is 0 Å². The highest BCUT2D eigenvalue weighted by atomic mass is 16.4. The van der Waals surface area contributed by atoms with Gasteiger partial charge in [0, 0.05) is 19.0 Å². The van der Waals surface area contributed by atoms with Crippen molar-refractivity contribution in [3.05, 3.63) is 0 Å². The van der Waals surface area contributed by atoms with E-state index in [4.69, 9.17) is 5.11 Å². The van der Waals surface area contributed by atoms with Crippen LogP contribution in [0.15, 0.2) is 0 Å². The highest BCUT2D eigenvalue weighted by Gasteiger charge is 2.42. The first-order chi connectivity index (χ1) is 8.02. The molecular formula is C11H18N2O4. The van der Waals surface area contributed by atoms with E-state index in [9.17, 15) is 14.7 Å². The predicted molar refractivity (Wildman–Crippen MR) is 59.5 cm³/mol. The van der Waals surface area contributed by atoms with Crippen molar-refractivity contribution < 1.29 is 19.8 Å². The number of carbonyl (C=O) groups excluding carboxylic acids is 1. The summed E-state index contributed by atoms with van der Waals surface area (Å²) in [6.45, 7) is 2.17. The van der Waals surface area contributed by atoms with Crippen molar-refractivity contribution in [2.24, 2.45) is 5.92 Å². The lowest BCUT2D eigenvalue weighted by Gasteiger charge is -2.21. The predicted octanol–water partition coefficient (Wildman–Crippen LogP) is 0.0143. The number of nitrogens with zero attached hydrogens (tertiary/aromatic N) is 1. The van der Waals surface area contributed by atoms with Gasteiger partial charge < -0.3 is 20.4 Å². The summed E-state index contributed by atoms with van der Waals surface area (Å²) in [5.41, 5.74) is 0. The van der Waals surface area contributed by atoms with Crippen LogP contribution in [0.2, 0.25) is 0 Å². The summed E-state index contributed by atoms with van der Waals surface area (Å²) in [5.74, 6) is -0.533. The number of hydrogen-bond acceptors (Lipinski definition) is 3. The molecule has 0 aromatic heterocycles. The standard InChI is InChI=1S/C11H18N2O4/c1-2-6-3-8(6)12-11(17)13-5-7(14)4-9(13)10(15)16/h6-9,14H,2-5H2,1H3,(H,12,17)(H,15,16)/t6?,7?,8?,9-/m0/s1. The molecule has 0 radical (unpaired) electrons. The number of hydrogen-bond donors (Lipinski definition) is 3. The second kappa shape index (κ2) is 4.52. The minimum Gasteiger partial charge on any atom is -0.480 e. The molecule has 2 rings (SSSR count). The van der Waals surface area contributed by atoms with Gasteiger partial charge in [-0.15, -0.1) is 0 Å². The summed E-state index contributed by atoms with van der Waals surface area (Å²) < 4.78 is 0. The number of rotatable bonds is 3. The fraction of sp³-hybridized carbons (Fsp3) is 0.818. The van der Waals surface area contributed by atoms with Crippen molar-refractivity contribution in [3.8, 4) is 0 Å². The lowest BCUT2D eigenvalue weighted by atomic mass is 10.2. The maximum absolute atomic E-state index is 11.9. The SMILES string of the molecule is CCC1CC1NC(=O)N1CC(O)C[C@H]1C(=O)O. The summed E-state index contributed by atoms with van der Waals surface area (Å²) >= 11 is 0. The van der Waals surface area contributed by atoms with Gasteiger partial charge in [-0.25, -0.2) is 9.59 Å². The van der Waals surface area contributed by atoms with Gasteiger partial charge in [0.2, 0.25) is 0 Å². The van der Waals surface area contributed by atoms with Crippen molar-refractivity contribution >= 4 is 12.0 Å². The summed E-state index contributed by atoms with van der Waals surface area (Å²) in [7, 11) is 0. The number of aliphatic carboxylic acids is 1. The summed E-state index contributed by atoms with van der Waals surface area (Å²) in [6, 6.07) is -1.08. The van der Waals surface area contributed by atoms with Crippen LogP contribution in [0.1, 0.15) is 26.2 Å². The Morgan fingerprint density at radius 2 is 2.12 bits per heavy atom. The topological polar surface area (TPSA) is 89.9 Å². The molecule has 2 fully saturated rings. The Hall–Kier alpha value is -1.30. The van der Waals surface area contributed by atoms with Gasteiger partial charge in [0.15, 0.2) is 0 Å². The van der Waals surface area contributed by atoms with Crippen LogP contribution in [-0.4, -0.2) is 51.8 Å². The third kappa shape index (κ3) is 2.52. The van der Waals surface area contributed by atoms with E-state index in [1.165, 1.54) is 4.90 Å². The van der Waals surface area contributed by atoms with Crippen molar-refractivity contribution in [3.63, 3.8) is 0 Å². The Balaban J connectivity index is 1.91. The molecule has 1 aliphatic carbocycles. The molecular weight excluding hydrogens is 224 g/mol. The van der Waals surface area contributed by atoms with Gasteiger partial charge >= 0.3 is 12.0 Å². The number of amides is 2. The number of β-amino-alcohol motifs (C(OH)–C–C–N with tert-alkyl or cyclic N) is 1. The van der Waals surface area contributed by atoms with E-state index >= 15 is 0 Å². The first-order valence-corrected chi connectivity index (χ1v) is 6.01. The summed E-state index contributed by atoms with van der Waals surface area (Å²) in [5, 5.41) is 21.2. The Kier molecular flexibility index (Phi) is 3.24. The second-order valence-electron chi connectivity index (χ2n) is 4.86. The molecule has 17 heavy (non-hydrogen) atoms. The number of carboxylic acids is 1. The molecule has 0 aromatic rings. The molecule has 1 saturated heterocycles. The van der Waals surface area contributed by atoms with E-state index in [0.717, 1.165) is 12.8 Å². The van der Waals surface area contributed by atoms with E-state index in [1.807, 2.05) is 0 Å². The lowest BCUT2D eigenvalue weighted by Crippen LogP contribution is -2.47. The fourth-order valence-corrected chi connectivity index (χ4v) is 2.39. The molecule has 0 bridgehead atoms. The van der Waals surface area contributed by atoms with E-state index in [1.54, 1.807) is 0 Å². The van der Waals surface area contributed by atoms with Crippen molar-refractivity contribution in [1.82, 2.24) is 10.2 Å². The third-order valence-electron chi connectivity index (χ3n) is 3.58. The maximum Gasteiger partial charge on any atom is 0.326 e. The van der Waals surface area contributed by atoms with Crippen LogP contribution in [0.5, 0.6) is 0 Å². The summed E-state index contributed by atoms with van der Waals surface area (Å²) in [4.78, 5) is 24.0. The van der Waals surface area contributed by atoms with Crippen LogP contribution in [0.3, 0.4) is 0 Å². The van der Waals surface area contributed by atoms with Crippen LogP contribution >= 0.6 is 0 Å². The second-order valence-corrected chi connectivity index (χ2v) is 4.86. The quantitative estimate of drug-likeness (QED) is 0.650. The van der Waals surface area contributed by atoms with Gasteiger partial charge in [-0.3, -0.25) is 0 Å². The number of carboxylic acid groups (broad SMARTS) is 1. The highest BCUT2D eigenvalue weighted by molar-refractivity contribution is 5.83. The molecule has 2 amide bonds. The molecule has 2 aliphatic rings. The monoisotopic (exact) mass is 242 g/mol. The van der Waals surface area contributed by atoms with Crippen LogP contribution in [-0.2, 0) is 4.79 Å². The molecule has 4 atom stereocenters. The fourth-order valence-electron chi connectivity index (χ4n) is 2.39. The molecule has 6 heteroatoms. The number of nitrogens with one attached hydrogen (secondary N) is 1. The number of aliphatic hydroxyl groups is 1. The Bertz CT molecular complexity index is 333. The molecule has 1 saturated carbocycles. The Labute approximate surface area is 99.6 Å². The molecule has 96 valence electrons. The zero-order chi connectivity index (χ0) is 12.6. The zero-order valence-electron chi connectivity index (χ0n) is 9.80. The van der Waals surface area contributed by atoms with E-state index in [-0.39, 0.29) is 25.0 Å². The normalized spacial score (nSPS) is 35.8. The molecule has 6 nitrogen and oxygen atoms in total. The van der Waals surface area contributed by atoms with Crippen molar-refractivity contribution in [2.75, 3.05) is 6.54 Å². The zero-order valence-corrected chi connectivity index (χ0v) is 9.80. The highest BCUT2D eigenvalue weighted by Crippen LogP contribution is 2.33. The Morgan fingerprint density at radius 3 is 2.65 bits per heavy atom.